The van der Waals surface area contributed by atoms with Crippen molar-refractivity contribution in [1.82, 2.24) is 5.32 Å². The highest BCUT2D eigenvalue weighted by Gasteiger charge is 2.19. The molecule has 1 unspecified atom stereocenters. The van der Waals surface area contributed by atoms with Gasteiger partial charge in [-0.1, -0.05) is 61.5 Å². The van der Waals surface area contributed by atoms with E-state index in [1.165, 1.54) is 5.56 Å². The Kier molecular flexibility index (Phi) is 5.52. The van der Waals surface area contributed by atoms with E-state index in [0.29, 0.717) is 13.0 Å². The van der Waals surface area contributed by atoms with E-state index >= 15 is 0 Å². The summed E-state index contributed by atoms with van der Waals surface area (Å²) in [5.41, 5.74) is 3.19. The van der Waals surface area contributed by atoms with Gasteiger partial charge in [-0.3, -0.25) is 4.79 Å². The predicted molar refractivity (Wildman–Crippen MR) is 84.1 cm³/mol. The molecule has 0 saturated carbocycles. The second-order valence-corrected chi connectivity index (χ2v) is 5.09. The van der Waals surface area contributed by atoms with Gasteiger partial charge in [-0.15, -0.1) is 0 Å². The number of carboxylic acids is 1. The monoisotopic (exact) mass is 283 g/mol. The molecule has 0 aliphatic rings. The number of carbonyl (C=O) groups is 1. The summed E-state index contributed by atoms with van der Waals surface area (Å²) in [4.78, 5) is 11.4. The smallest absolute Gasteiger partial charge is 0.310 e. The number of hydrogen-bond acceptors (Lipinski definition) is 2. The van der Waals surface area contributed by atoms with Crippen LogP contribution in [0, 0.1) is 0 Å². The van der Waals surface area contributed by atoms with Crippen LogP contribution in [-0.4, -0.2) is 11.1 Å². The molecule has 2 N–H and O–H groups in total. The first-order chi connectivity index (χ1) is 10.2. The van der Waals surface area contributed by atoms with Crippen molar-refractivity contribution in [3.63, 3.8) is 0 Å². The summed E-state index contributed by atoms with van der Waals surface area (Å²) in [6, 6.07) is 18.0. The minimum absolute atomic E-state index is 0.431. The van der Waals surface area contributed by atoms with E-state index in [0.717, 1.165) is 17.7 Å². The Morgan fingerprint density at radius 1 is 1.05 bits per heavy atom. The second kappa shape index (κ2) is 7.60. The maximum absolute atomic E-state index is 11.4. The molecule has 0 aromatic heterocycles. The van der Waals surface area contributed by atoms with Crippen molar-refractivity contribution < 1.29 is 9.90 Å². The van der Waals surface area contributed by atoms with Crippen LogP contribution in [0.15, 0.2) is 54.6 Å². The topological polar surface area (TPSA) is 49.3 Å². The van der Waals surface area contributed by atoms with Gasteiger partial charge in [-0.25, -0.2) is 0 Å². The number of hydrogen-bond donors (Lipinski definition) is 2. The van der Waals surface area contributed by atoms with Gasteiger partial charge >= 0.3 is 5.97 Å². The molecule has 0 heterocycles. The van der Waals surface area contributed by atoms with E-state index in [9.17, 15) is 9.90 Å². The average molecular weight is 283 g/mol. The molecule has 3 heteroatoms. The Morgan fingerprint density at radius 3 is 2.38 bits per heavy atom. The first-order valence-corrected chi connectivity index (χ1v) is 7.27. The van der Waals surface area contributed by atoms with Crippen molar-refractivity contribution in [1.29, 1.82) is 0 Å². The van der Waals surface area contributed by atoms with E-state index in [1.807, 2.05) is 49.4 Å². The molecule has 3 nitrogen and oxygen atoms in total. The molecule has 0 spiro atoms. The Bertz CT molecular complexity index is 581. The minimum atomic E-state index is -0.756. The van der Waals surface area contributed by atoms with Crippen molar-refractivity contribution in [2.24, 2.45) is 0 Å². The third-order valence-electron chi connectivity index (χ3n) is 3.62. The molecule has 0 radical (unpaired) electrons. The van der Waals surface area contributed by atoms with Crippen molar-refractivity contribution in [3.05, 3.63) is 71.3 Å². The lowest BCUT2D eigenvalue weighted by atomic mass is 9.92. The summed E-state index contributed by atoms with van der Waals surface area (Å²) in [7, 11) is 0. The van der Waals surface area contributed by atoms with Gasteiger partial charge in [0.25, 0.3) is 0 Å². The molecule has 2 rings (SSSR count). The zero-order valence-electron chi connectivity index (χ0n) is 12.3. The lowest BCUT2D eigenvalue weighted by Crippen LogP contribution is -2.17. The van der Waals surface area contributed by atoms with Crippen LogP contribution in [0.4, 0.5) is 0 Å². The van der Waals surface area contributed by atoms with Crippen LogP contribution in [0.3, 0.4) is 0 Å². The summed E-state index contributed by atoms with van der Waals surface area (Å²) >= 11 is 0. The number of aliphatic carboxylic acids is 1. The van der Waals surface area contributed by atoms with Crippen LogP contribution in [0.2, 0.25) is 0 Å². The molecule has 0 aliphatic carbocycles. The number of nitrogens with one attached hydrogen (secondary N) is 1. The molecule has 21 heavy (non-hydrogen) atoms. The summed E-state index contributed by atoms with van der Waals surface area (Å²) in [6.07, 6.45) is 0.602. The molecule has 0 fully saturated rings. The molecule has 0 amide bonds. The zero-order chi connectivity index (χ0) is 15.1. The van der Waals surface area contributed by atoms with Gasteiger partial charge in [-0.2, -0.15) is 0 Å². The molecule has 0 aliphatic heterocycles. The summed E-state index contributed by atoms with van der Waals surface area (Å²) < 4.78 is 0. The summed E-state index contributed by atoms with van der Waals surface area (Å²) in [5.74, 6) is -1.19. The van der Waals surface area contributed by atoms with Crippen LogP contribution >= 0.6 is 0 Å². The first kappa shape index (κ1) is 15.3. The highest BCUT2D eigenvalue weighted by Crippen LogP contribution is 2.23. The molecule has 110 valence electrons. The van der Waals surface area contributed by atoms with E-state index in [-0.39, 0.29) is 0 Å². The van der Waals surface area contributed by atoms with E-state index in [1.54, 1.807) is 0 Å². The fourth-order valence-corrected chi connectivity index (χ4v) is 2.50. The summed E-state index contributed by atoms with van der Waals surface area (Å²) in [6.45, 7) is 3.36. The second-order valence-electron chi connectivity index (χ2n) is 5.09. The van der Waals surface area contributed by atoms with Gasteiger partial charge < -0.3 is 10.4 Å². The quantitative estimate of drug-likeness (QED) is 0.817. The molecule has 0 saturated heterocycles. The van der Waals surface area contributed by atoms with Gasteiger partial charge in [0.15, 0.2) is 0 Å². The van der Waals surface area contributed by atoms with Crippen LogP contribution in [0.25, 0.3) is 0 Å². The fraction of sp³-hybridized carbons (Fsp3) is 0.278. The molecular formula is C18H21NO2. The lowest BCUT2D eigenvalue weighted by Gasteiger charge is -2.16. The van der Waals surface area contributed by atoms with Crippen molar-refractivity contribution in [2.45, 2.75) is 32.4 Å². The van der Waals surface area contributed by atoms with Gasteiger partial charge in [0, 0.05) is 13.1 Å². The Balaban J connectivity index is 2.05. The van der Waals surface area contributed by atoms with Crippen molar-refractivity contribution >= 4 is 5.97 Å². The highest BCUT2D eigenvalue weighted by atomic mass is 16.4. The van der Waals surface area contributed by atoms with E-state index < -0.39 is 11.9 Å². The van der Waals surface area contributed by atoms with Crippen LogP contribution < -0.4 is 5.32 Å². The van der Waals surface area contributed by atoms with E-state index in [4.69, 9.17) is 0 Å². The number of carboxylic acid groups (broad SMARTS) is 1. The lowest BCUT2D eigenvalue weighted by molar-refractivity contribution is -0.138. The summed E-state index contributed by atoms with van der Waals surface area (Å²) in [5, 5.41) is 12.7. The molecule has 2 aromatic rings. The predicted octanol–water partition coefficient (Wildman–Crippen LogP) is 3.55. The standard InChI is InChI=1S/C18H21NO2/c1-2-16(18(20)21)17-11-7-6-10-15(17)13-19-12-14-8-4-3-5-9-14/h3-11,16,19H,2,12-13H2,1H3,(H,20,21). The number of rotatable bonds is 7. The maximum Gasteiger partial charge on any atom is 0.310 e. The Morgan fingerprint density at radius 2 is 1.71 bits per heavy atom. The molecule has 1 atom stereocenters. The first-order valence-electron chi connectivity index (χ1n) is 7.27. The van der Waals surface area contributed by atoms with Crippen LogP contribution in [-0.2, 0) is 17.9 Å². The van der Waals surface area contributed by atoms with Gasteiger partial charge in [0.2, 0.25) is 0 Å². The largest absolute Gasteiger partial charge is 0.481 e. The zero-order valence-corrected chi connectivity index (χ0v) is 12.3. The van der Waals surface area contributed by atoms with Crippen molar-refractivity contribution in [2.75, 3.05) is 0 Å². The van der Waals surface area contributed by atoms with Gasteiger partial charge in [0.1, 0.15) is 0 Å². The van der Waals surface area contributed by atoms with Crippen molar-refractivity contribution in [3.8, 4) is 0 Å². The Hall–Kier alpha value is -2.13. The van der Waals surface area contributed by atoms with Gasteiger partial charge in [0.05, 0.1) is 5.92 Å². The normalized spacial score (nSPS) is 12.0. The molecule has 0 bridgehead atoms. The molecule has 2 aromatic carbocycles. The average Bonchev–Trinajstić information content (AvgIpc) is 2.50. The Labute approximate surface area is 125 Å². The third kappa shape index (κ3) is 4.17. The van der Waals surface area contributed by atoms with Crippen LogP contribution in [0.5, 0.6) is 0 Å². The number of benzene rings is 2. The highest BCUT2D eigenvalue weighted by molar-refractivity contribution is 5.76. The van der Waals surface area contributed by atoms with Gasteiger partial charge in [-0.05, 0) is 23.1 Å². The minimum Gasteiger partial charge on any atom is -0.481 e. The fourth-order valence-electron chi connectivity index (χ4n) is 2.50. The SMILES string of the molecule is CCC(C(=O)O)c1ccccc1CNCc1ccccc1. The molecular weight excluding hydrogens is 262 g/mol. The van der Waals surface area contributed by atoms with Crippen LogP contribution in [0.1, 0.15) is 36.0 Å². The third-order valence-corrected chi connectivity index (χ3v) is 3.62. The maximum atomic E-state index is 11.4. The van der Waals surface area contributed by atoms with E-state index in [2.05, 4.69) is 17.4 Å².